The number of carbonyl (C=O) groups excluding carboxylic acids is 1. The van der Waals surface area contributed by atoms with Crippen LogP contribution in [0.15, 0.2) is 24.3 Å². The molecule has 2 rings (SSSR count). The third kappa shape index (κ3) is 2.20. The summed E-state index contributed by atoms with van der Waals surface area (Å²) < 4.78 is 0. The Hall–Kier alpha value is -1.06. The number of amides is 1. The molecule has 0 aliphatic carbocycles. The first-order valence-corrected chi connectivity index (χ1v) is 5.84. The van der Waals surface area contributed by atoms with Crippen molar-refractivity contribution in [1.82, 2.24) is 0 Å². The molecule has 0 bridgehead atoms. The molecule has 4 heteroatoms. The minimum absolute atomic E-state index is 0.00515. The van der Waals surface area contributed by atoms with Crippen molar-refractivity contribution in [3.05, 3.63) is 29.8 Å². The van der Waals surface area contributed by atoms with Crippen molar-refractivity contribution in [1.29, 1.82) is 0 Å². The molecule has 86 valence electrons. The van der Waals surface area contributed by atoms with E-state index < -0.39 is 0 Å². The van der Waals surface area contributed by atoms with Crippen LogP contribution in [0.2, 0.25) is 0 Å². The SMILES string of the molecule is O=C1CC(CCl)CN1c1cccc(CO)c1. The first-order valence-electron chi connectivity index (χ1n) is 5.30. The Morgan fingerprint density at radius 3 is 2.94 bits per heavy atom. The lowest BCUT2D eigenvalue weighted by Crippen LogP contribution is -2.24. The molecule has 1 aliphatic heterocycles. The van der Waals surface area contributed by atoms with Crippen LogP contribution < -0.4 is 4.90 Å². The topological polar surface area (TPSA) is 40.5 Å². The van der Waals surface area contributed by atoms with Gasteiger partial charge in [-0.05, 0) is 23.6 Å². The predicted molar refractivity (Wildman–Crippen MR) is 63.5 cm³/mol. The molecule has 0 radical (unpaired) electrons. The van der Waals surface area contributed by atoms with Gasteiger partial charge in [0.1, 0.15) is 0 Å². The van der Waals surface area contributed by atoms with E-state index in [1.54, 1.807) is 4.90 Å². The van der Waals surface area contributed by atoms with Crippen LogP contribution in [-0.2, 0) is 11.4 Å². The van der Waals surface area contributed by atoms with E-state index in [1.165, 1.54) is 0 Å². The highest BCUT2D eigenvalue weighted by Gasteiger charge is 2.29. The largest absolute Gasteiger partial charge is 0.392 e. The Balaban J connectivity index is 2.20. The molecule has 1 amide bonds. The van der Waals surface area contributed by atoms with Gasteiger partial charge < -0.3 is 10.0 Å². The fraction of sp³-hybridized carbons (Fsp3) is 0.417. The van der Waals surface area contributed by atoms with Gasteiger partial charge in [-0.3, -0.25) is 4.79 Å². The summed E-state index contributed by atoms with van der Waals surface area (Å²) >= 11 is 5.77. The predicted octanol–water partition coefficient (Wildman–Crippen LogP) is 1.77. The highest BCUT2D eigenvalue weighted by atomic mass is 35.5. The summed E-state index contributed by atoms with van der Waals surface area (Å²) in [7, 11) is 0. The molecule has 0 spiro atoms. The third-order valence-corrected chi connectivity index (χ3v) is 3.26. The number of anilines is 1. The minimum atomic E-state index is -0.00515. The Labute approximate surface area is 99.6 Å². The summed E-state index contributed by atoms with van der Waals surface area (Å²) in [5.74, 6) is 0.870. The fourth-order valence-electron chi connectivity index (χ4n) is 1.96. The number of aliphatic hydroxyl groups is 1. The molecule has 1 aliphatic rings. The van der Waals surface area contributed by atoms with Crippen LogP contribution in [0.25, 0.3) is 0 Å². The zero-order valence-corrected chi connectivity index (χ0v) is 9.65. The maximum atomic E-state index is 11.7. The third-order valence-electron chi connectivity index (χ3n) is 2.83. The lowest BCUT2D eigenvalue weighted by molar-refractivity contribution is -0.117. The maximum Gasteiger partial charge on any atom is 0.227 e. The fourth-order valence-corrected chi connectivity index (χ4v) is 2.16. The number of aliphatic hydroxyl groups excluding tert-OH is 1. The summed E-state index contributed by atoms with van der Waals surface area (Å²) in [6.45, 7) is 0.673. The molecule has 1 heterocycles. The van der Waals surface area contributed by atoms with Crippen LogP contribution in [0.1, 0.15) is 12.0 Å². The van der Waals surface area contributed by atoms with E-state index >= 15 is 0 Å². The number of benzene rings is 1. The lowest BCUT2D eigenvalue weighted by Gasteiger charge is -2.17. The molecule has 1 atom stereocenters. The molecular formula is C12H14ClNO2. The highest BCUT2D eigenvalue weighted by molar-refractivity contribution is 6.18. The van der Waals surface area contributed by atoms with E-state index in [9.17, 15) is 4.79 Å². The molecule has 1 aromatic rings. The summed E-state index contributed by atoms with van der Waals surface area (Å²) in [6, 6.07) is 7.41. The first-order chi connectivity index (χ1) is 7.74. The number of hydrogen-bond donors (Lipinski definition) is 1. The molecule has 0 saturated carbocycles. The summed E-state index contributed by atoms with van der Waals surface area (Å²) in [4.78, 5) is 13.5. The molecule has 1 unspecified atom stereocenters. The highest BCUT2D eigenvalue weighted by Crippen LogP contribution is 2.26. The molecule has 0 aromatic heterocycles. The zero-order valence-electron chi connectivity index (χ0n) is 8.90. The smallest absolute Gasteiger partial charge is 0.227 e. The molecule has 3 nitrogen and oxygen atoms in total. The van der Waals surface area contributed by atoms with Crippen LogP contribution in [0, 0.1) is 5.92 Å². The molecule has 1 N–H and O–H groups in total. The summed E-state index contributed by atoms with van der Waals surface area (Å²) in [5.41, 5.74) is 1.67. The van der Waals surface area contributed by atoms with Crippen LogP contribution in [-0.4, -0.2) is 23.4 Å². The number of rotatable bonds is 3. The average Bonchev–Trinajstić information content (AvgIpc) is 2.71. The van der Waals surface area contributed by atoms with Crippen LogP contribution in [0.5, 0.6) is 0 Å². The van der Waals surface area contributed by atoms with Gasteiger partial charge in [-0.25, -0.2) is 0 Å². The van der Waals surface area contributed by atoms with E-state index in [4.69, 9.17) is 16.7 Å². The van der Waals surface area contributed by atoms with Crippen molar-refractivity contribution in [3.8, 4) is 0 Å². The van der Waals surface area contributed by atoms with E-state index in [0.29, 0.717) is 18.8 Å². The molecule has 1 aromatic carbocycles. The summed E-state index contributed by atoms with van der Waals surface area (Å²) in [5, 5.41) is 9.04. The minimum Gasteiger partial charge on any atom is -0.392 e. The van der Waals surface area contributed by atoms with E-state index in [0.717, 1.165) is 11.3 Å². The van der Waals surface area contributed by atoms with Crippen molar-refractivity contribution in [2.45, 2.75) is 13.0 Å². The van der Waals surface area contributed by atoms with E-state index in [2.05, 4.69) is 0 Å². The van der Waals surface area contributed by atoms with Crippen LogP contribution >= 0.6 is 11.6 Å². The van der Waals surface area contributed by atoms with Gasteiger partial charge in [-0.1, -0.05) is 12.1 Å². The number of nitrogens with zero attached hydrogens (tertiary/aromatic N) is 1. The van der Waals surface area contributed by atoms with E-state index in [1.807, 2.05) is 24.3 Å². The van der Waals surface area contributed by atoms with E-state index in [-0.39, 0.29) is 18.4 Å². The second-order valence-electron chi connectivity index (χ2n) is 4.06. The van der Waals surface area contributed by atoms with Gasteiger partial charge in [0.25, 0.3) is 0 Å². The molecular weight excluding hydrogens is 226 g/mol. The lowest BCUT2D eigenvalue weighted by atomic mass is 10.1. The van der Waals surface area contributed by atoms with Gasteiger partial charge in [-0.2, -0.15) is 0 Å². The number of alkyl halides is 1. The van der Waals surface area contributed by atoms with Crippen LogP contribution in [0.3, 0.4) is 0 Å². The normalized spacial score (nSPS) is 20.5. The van der Waals surface area contributed by atoms with Crippen molar-refractivity contribution in [2.24, 2.45) is 5.92 Å². The average molecular weight is 240 g/mol. The molecule has 1 fully saturated rings. The molecule has 16 heavy (non-hydrogen) atoms. The Bertz CT molecular complexity index is 394. The molecule has 1 saturated heterocycles. The Morgan fingerprint density at radius 1 is 1.50 bits per heavy atom. The van der Waals surface area contributed by atoms with Gasteiger partial charge in [0.2, 0.25) is 5.91 Å². The van der Waals surface area contributed by atoms with Gasteiger partial charge in [0, 0.05) is 24.5 Å². The zero-order chi connectivity index (χ0) is 11.5. The van der Waals surface area contributed by atoms with Crippen LogP contribution in [0.4, 0.5) is 5.69 Å². The second-order valence-corrected chi connectivity index (χ2v) is 4.37. The first kappa shape index (κ1) is 11.4. The maximum absolute atomic E-state index is 11.7. The summed E-state index contributed by atoms with van der Waals surface area (Å²) in [6.07, 6.45) is 0.521. The van der Waals surface area contributed by atoms with Crippen molar-refractivity contribution >= 4 is 23.2 Å². The van der Waals surface area contributed by atoms with Crippen molar-refractivity contribution in [3.63, 3.8) is 0 Å². The Kier molecular flexibility index (Phi) is 3.46. The number of hydrogen-bond acceptors (Lipinski definition) is 2. The Morgan fingerprint density at radius 2 is 2.31 bits per heavy atom. The van der Waals surface area contributed by atoms with Gasteiger partial charge in [0.05, 0.1) is 6.61 Å². The second kappa shape index (κ2) is 4.85. The number of carbonyl (C=O) groups is 1. The van der Waals surface area contributed by atoms with Crippen molar-refractivity contribution in [2.75, 3.05) is 17.3 Å². The van der Waals surface area contributed by atoms with Crippen molar-refractivity contribution < 1.29 is 9.90 Å². The number of halogens is 1. The van der Waals surface area contributed by atoms with Gasteiger partial charge in [0.15, 0.2) is 0 Å². The monoisotopic (exact) mass is 239 g/mol. The van der Waals surface area contributed by atoms with Gasteiger partial charge >= 0.3 is 0 Å². The van der Waals surface area contributed by atoms with Gasteiger partial charge in [-0.15, -0.1) is 11.6 Å². The quantitative estimate of drug-likeness (QED) is 0.817. The standard InChI is InChI=1S/C12H14ClNO2/c13-6-10-5-12(16)14(7-10)11-3-1-2-9(4-11)8-15/h1-4,10,15H,5-8H2.